The molecular formula is C13H17N3O2. The number of aliphatic hydroxyl groups excluding tert-OH is 2. The van der Waals surface area contributed by atoms with Crippen LogP contribution in [-0.2, 0) is 13.2 Å². The number of hydrogen-bond acceptors (Lipinski definition) is 4. The standard InChI is InChI=1S/C13H17N3O2/c1-9-3-4-12(10(2)5-9)13(18)7-16-6-11(8-17)14-15-16/h3-6,13,17-18H,7-8H2,1-2H3. The molecule has 1 atom stereocenters. The summed E-state index contributed by atoms with van der Waals surface area (Å²) >= 11 is 0. The molecule has 5 heteroatoms. The highest BCUT2D eigenvalue weighted by Crippen LogP contribution is 2.20. The first-order chi connectivity index (χ1) is 8.60. The first-order valence-electron chi connectivity index (χ1n) is 5.85. The molecule has 18 heavy (non-hydrogen) atoms. The fourth-order valence-corrected chi connectivity index (χ4v) is 1.98. The summed E-state index contributed by atoms with van der Waals surface area (Å²) in [6.45, 7) is 4.19. The monoisotopic (exact) mass is 247 g/mol. The Balaban J connectivity index is 2.13. The Bertz CT molecular complexity index is 537. The van der Waals surface area contributed by atoms with Crippen LogP contribution in [0.25, 0.3) is 0 Å². The third-order valence-corrected chi connectivity index (χ3v) is 2.89. The Hall–Kier alpha value is -1.72. The Morgan fingerprint density at radius 3 is 2.72 bits per heavy atom. The van der Waals surface area contributed by atoms with Gasteiger partial charge in [-0.25, -0.2) is 4.68 Å². The van der Waals surface area contributed by atoms with E-state index in [0.717, 1.165) is 11.1 Å². The highest BCUT2D eigenvalue weighted by Gasteiger charge is 2.12. The van der Waals surface area contributed by atoms with Crippen LogP contribution < -0.4 is 0 Å². The molecule has 5 nitrogen and oxygen atoms in total. The van der Waals surface area contributed by atoms with Gasteiger partial charge in [0.15, 0.2) is 0 Å². The molecule has 0 saturated carbocycles. The number of hydrogen-bond donors (Lipinski definition) is 2. The summed E-state index contributed by atoms with van der Waals surface area (Å²) in [4.78, 5) is 0. The van der Waals surface area contributed by atoms with Crippen LogP contribution in [0, 0.1) is 13.8 Å². The summed E-state index contributed by atoms with van der Waals surface area (Å²) in [5.74, 6) is 0. The summed E-state index contributed by atoms with van der Waals surface area (Å²) < 4.78 is 1.54. The third-order valence-electron chi connectivity index (χ3n) is 2.89. The van der Waals surface area contributed by atoms with Crippen molar-refractivity contribution in [3.8, 4) is 0 Å². The number of nitrogens with zero attached hydrogens (tertiary/aromatic N) is 3. The van der Waals surface area contributed by atoms with E-state index in [1.54, 1.807) is 6.20 Å². The Morgan fingerprint density at radius 1 is 1.33 bits per heavy atom. The molecule has 0 aliphatic rings. The highest BCUT2D eigenvalue weighted by atomic mass is 16.3. The molecule has 0 amide bonds. The fraction of sp³-hybridized carbons (Fsp3) is 0.385. The van der Waals surface area contributed by atoms with Crippen molar-refractivity contribution in [2.75, 3.05) is 0 Å². The molecular weight excluding hydrogens is 230 g/mol. The van der Waals surface area contributed by atoms with E-state index in [1.165, 1.54) is 10.2 Å². The molecule has 96 valence electrons. The van der Waals surface area contributed by atoms with Gasteiger partial charge in [-0.2, -0.15) is 0 Å². The van der Waals surface area contributed by atoms with E-state index in [1.807, 2.05) is 32.0 Å². The second-order valence-electron chi connectivity index (χ2n) is 4.47. The molecule has 1 unspecified atom stereocenters. The molecule has 0 saturated heterocycles. The minimum absolute atomic E-state index is 0.139. The summed E-state index contributed by atoms with van der Waals surface area (Å²) in [7, 11) is 0. The van der Waals surface area contributed by atoms with Gasteiger partial charge in [0.2, 0.25) is 0 Å². The quantitative estimate of drug-likeness (QED) is 0.849. The maximum Gasteiger partial charge on any atom is 0.108 e. The van der Waals surface area contributed by atoms with Gasteiger partial charge in [-0.3, -0.25) is 0 Å². The van der Waals surface area contributed by atoms with Gasteiger partial charge in [0.25, 0.3) is 0 Å². The fourth-order valence-electron chi connectivity index (χ4n) is 1.98. The van der Waals surface area contributed by atoms with Crippen molar-refractivity contribution >= 4 is 0 Å². The zero-order valence-electron chi connectivity index (χ0n) is 10.5. The number of benzene rings is 1. The Labute approximate surface area is 106 Å². The predicted octanol–water partition coefficient (Wildman–Crippen LogP) is 1.12. The average Bonchev–Trinajstić information content (AvgIpc) is 2.76. The minimum Gasteiger partial charge on any atom is -0.390 e. The molecule has 1 heterocycles. The molecule has 2 rings (SSSR count). The molecule has 1 aromatic carbocycles. The van der Waals surface area contributed by atoms with E-state index >= 15 is 0 Å². The van der Waals surface area contributed by atoms with Crippen LogP contribution >= 0.6 is 0 Å². The van der Waals surface area contributed by atoms with Crippen LogP contribution in [0.15, 0.2) is 24.4 Å². The molecule has 1 aromatic heterocycles. The van der Waals surface area contributed by atoms with E-state index in [0.29, 0.717) is 12.2 Å². The van der Waals surface area contributed by atoms with Gasteiger partial charge in [0.1, 0.15) is 5.69 Å². The van der Waals surface area contributed by atoms with Gasteiger partial charge in [0.05, 0.1) is 25.5 Å². The largest absolute Gasteiger partial charge is 0.390 e. The lowest BCUT2D eigenvalue weighted by molar-refractivity contribution is 0.150. The maximum absolute atomic E-state index is 10.2. The van der Waals surface area contributed by atoms with Crippen molar-refractivity contribution in [1.82, 2.24) is 15.0 Å². The van der Waals surface area contributed by atoms with Gasteiger partial charge < -0.3 is 10.2 Å². The summed E-state index contributed by atoms with van der Waals surface area (Å²) in [5, 5.41) is 26.7. The molecule has 0 bridgehead atoms. The van der Waals surface area contributed by atoms with Crippen LogP contribution in [0.4, 0.5) is 0 Å². The van der Waals surface area contributed by atoms with Crippen molar-refractivity contribution in [3.05, 3.63) is 46.8 Å². The Morgan fingerprint density at radius 2 is 2.11 bits per heavy atom. The molecule has 0 radical (unpaired) electrons. The molecule has 2 N–H and O–H groups in total. The van der Waals surface area contributed by atoms with Gasteiger partial charge in [0, 0.05) is 0 Å². The predicted molar refractivity (Wildman–Crippen MR) is 66.8 cm³/mol. The minimum atomic E-state index is -0.626. The van der Waals surface area contributed by atoms with Crippen LogP contribution in [0.1, 0.15) is 28.5 Å². The average molecular weight is 247 g/mol. The van der Waals surface area contributed by atoms with Crippen LogP contribution in [0.5, 0.6) is 0 Å². The number of aromatic nitrogens is 3. The molecule has 0 aliphatic heterocycles. The van der Waals surface area contributed by atoms with Gasteiger partial charge in [-0.1, -0.05) is 29.0 Å². The second kappa shape index (κ2) is 5.29. The highest BCUT2D eigenvalue weighted by molar-refractivity contribution is 5.31. The lowest BCUT2D eigenvalue weighted by atomic mass is 10.0. The van der Waals surface area contributed by atoms with Gasteiger partial charge in [-0.15, -0.1) is 5.10 Å². The van der Waals surface area contributed by atoms with Crippen molar-refractivity contribution in [1.29, 1.82) is 0 Å². The smallest absolute Gasteiger partial charge is 0.108 e. The second-order valence-corrected chi connectivity index (χ2v) is 4.47. The van der Waals surface area contributed by atoms with Crippen LogP contribution in [0.3, 0.4) is 0 Å². The SMILES string of the molecule is Cc1ccc(C(O)Cn2cc(CO)nn2)c(C)c1. The lowest BCUT2D eigenvalue weighted by Gasteiger charge is -2.13. The summed E-state index contributed by atoms with van der Waals surface area (Å²) in [6.07, 6.45) is 1.01. The first kappa shape index (κ1) is 12.7. The normalized spacial score (nSPS) is 12.7. The van der Waals surface area contributed by atoms with E-state index in [-0.39, 0.29) is 6.61 Å². The van der Waals surface area contributed by atoms with E-state index in [9.17, 15) is 5.11 Å². The first-order valence-corrected chi connectivity index (χ1v) is 5.85. The topological polar surface area (TPSA) is 71.2 Å². The maximum atomic E-state index is 10.2. The van der Waals surface area contributed by atoms with Crippen molar-refractivity contribution in [3.63, 3.8) is 0 Å². The number of rotatable bonds is 4. The van der Waals surface area contributed by atoms with Gasteiger partial charge in [-0.05, 0) is 25.0 Å². The molecule has 2 aromatic rings. The zero-order chi connectivity index (χ0) is 13.1. The number of aryl methyl sites for hydroxylation is 2. The summed E-state index contributed by atoms with van der Waals surface area (Å²) in [6, 6.07) is 5.95. The third kappa shape index (κ3) is 2.75. The van der Waals surface area contributed by atoms with Gasteiger partial charge >= 0.3 is 0 Å². The summed E-state index contributed by atoms with van der Waals surface area (Å²) in [5.41, 5.74) is 3.63. The molecule has 0 fully saturated rings. The lowest BCUT2D eigenvalue weighted by Crippen LogP contribution is -2.10. The van der Waals surface area contributed by atoms with Crippen LogP contribution in [-0.4, -0.2) is 25.2 Å². The molecule has 0 spiro atoms. The number of aliphatic hydroxyl groups is 2. The van der Waals surface area contributed by atoms with E-state index in [2.05, 4.69) is 10.3 Å². The van der Waals surface area contributed by atoms with Crippen molar-refractivity contribution < 1.29 is 10.2 Å². The van der Waals surface area contributed by atoms with Crippen LogP contribution in [0.2, 0.25) is 0 Å². The van der Waals surface area contributed by atoms with Crippen molar-refractivity contribution in [2.24, 2.45) is 0 Å². The van der Waals surface area contributed by atoms with Crippen molar-refractivity contribution in [2.45, 2.75) is 33.1 Å². The Kier molecular flexibility index (Phi) is 3.74. The van der Waals surface area contributed by atoms with E-state index in [4.69, 9.17) is 5.11 Å². The zero-order valence-corrected chi connectivity index (χ0v) is 10.5. The molecule has 0 aliphatic carbocycles. The van der Waals surface area contributed by atoms with E-state index < -0.39 is 6.10 Å².